The van der Waals surface area contributed by atoms with Crippen molar-refractivity contribution in [1.82, 2.24) is 26.0 Å². The molecule has 0 spiro atoms. The minimum absolute atomic E-state index is 0.128. The normalized spacial score (nSPS) is 10.1. The van der Waals surface area contributed by atoms with Crippen molar-refractivity contribution in [2.45, 2.75) is 12.1 Å². The van der Waals surface area contributed by atoms with Crippen LogP contribution in [0.5, 0.6) is 0 Å². The Bertz CT molecular complexity index is 600. The van der Waals surface area contributed by atoms with Crippen molar-refractivity contribution in [3.05, 3.63) is 41.7 Å². The summed E-state index contributed by atoms with van der Waals surface area (Å²) in [6.07, 6.45) is 1.36. The highest BCUT2D eigenvalue weighted by molar-refractivity contribution is 7.99. The zero-order valence-electron chi connectivity index (χ0n) is 10.7. The van der Waals surface area contributed by atoms with Crippen molar-refractivity contribution in [2.24, 2.45) is 0 Å². The highest BCUT2D eigenvalue weighted by atomic mass is 32.2. The predicted molar refractivity (Wildman–Crippen MR) is 73.9 cm³/mol. The van der Waals surface area contributed by atoms with Crippen LogP contribution in [0.4, 0.5) is 0 Å². The standard InChI is InChI=1S/C12H13N5O2S/c1-8-4-2-3-5-9(8)11(19)16-15-10(18)6-20-12-13-7-14-17-12/h2-5,7H,6H2,1H3,(H,15,18)(H,16,19)(H,13,14,17). The van der Waals surface area contributed by atoms with Gasteiger partial charge in [-0.25, -0.2) is 4.98 Å². The molecule has 2 amide bonds. The number of hydrazine groups is 1. The molecule has 0 unspecified atom stereocenters. The molecule has 8 heteroatoms. The lowest BCUT2D eigenvalue weighted by Gasteiger charge is -2.08. The third-order valence-electron chi connectivity index (χ3n) is 2.44. The average molecular weight is 291 g/mol. The minimum atomic E-state index is -0.346. The number of aromatic nitrogens is 3. The first kappa shape index (κ1) is 14.1. The van der Waals surface area contributed by atoms with Gasteiger partial charge in [-0.05, 0) is 18.6 Å². The molecule has 7 nitrogen and oxygen atoms in total. The molecule has 1 heterocycles. The van der Waals surface area contributed by atoms with E-state index in [1.54, 1.807) is 12.1 Å². The summed E-state index contributed by atoms with van der Waals surface area (Å²) < 4.78 is 0. The lowest BCUT2D eigenvalue weighted by Crippen LogP contribution is -2.42. The molecule has 1 aromatic carbocycles. The van der Waals surface area contributed by atoms with Crippen molar-refractivity contribution in [1.29, 1.82) is 0 Å². The summed E-state index contributed by atoms with van der Waals surface area (Å²) in [6.45, 7) is 1.83. The Labute approximate surface area is 119 Å². The van der Waals surface area contributed by atoms with Gasteiger partial charge >= 0.3 is 0 Å². The third kappa shape index (κ3) is 3.82. The Morgan fingerprint density at radius 1 is 1.30 bits per heavy atom. The Morgan fingerprint density at radius 2 is 2.10 bits per heavy atom. The zero-order valence-corrected chi connectivity index (χ0v) is 11.5. The van der Waals surface area contributed by atoms with Crippen molar-refractivity contribution in [3.63, 3.8) is 0 Å². The number of nitrogens with zero attached hydrogens (tertiary/aromatic N) is 2. The van der Waals surface area contributed by atoms with E-state index in [0.717, 1.165) is 5.56 Å². The maximum atomic E-state index is 11.8. The van der Waals surface area contributed by atoms with Crippen molar-refractivity contribution >= 4 is 23.6 Å². The van der Waals surface area contributed by atoms with E-state index in [4.69, 9.17) is 0 Å². The van der Waals surface area contributed by atoms with Gasteiger partial charge in [0.05, 0.1) is 5.75 Å². The molecule has 20 heavy (non-hydrogen) atoms. The van der Waals surface area contributed by atoms with Crippen molar-refractivity contribution in [3.8, 4) is 0 Å². The van der Waals surface area contributed by atoms with Crippen LogP contribution in [0, 0.1) is 6.92 Å². The molecule has 0 atom stereocenters. The van der Waals surface area contributed by atoms with E-state index >= 15 is 0 Å². The van der Waals surface area contributed by atoms with Gasteiger partial charge in [-0.15, -0.1) is 0 Å². The van der Waals surface area contributed by atoms with Gasteiger partial charge in [0, 0.05) is 5.56 Å². The summed E-state index contributed by atoms with van der Waals surface area (Å²) in [5, 5.41) is 6.84. The SMILES string of the molecule is Cc1ccccc1C(=O)NNC(=O)CSc1ncn[nH]1. The maximum Gasteiger partial charge on any atom is 0.269 e. The molecule has 2 rings (SSSR count). The second kappa shape index (κ2) is 6.71. The molecule has 0 saturated carbocycles. The van der Waals surface area contributed by atoms with Crippen LogP contribution in [-0.4, -0.2) is 32.7 Å². The number of nitrogens with one attached hydrogen (secondary N) is 3. The van der Waals surface area contributed by atoms with E-state index in [1.807, 2.05) is 19.1 Å². The lowest BCUT2D eigenvalue weighted by molar-refractivity contribution is -0.119. The smallest absolute Gasteiger partial charge is 0.269 e. The number of hydrogen-bond donors (Lipinski definition) is 3. The third-order valence-corrected chi connectivity index (χ3v) is 3.31. The van der Waals surface area contributed by atoms with E-state index < -0.39 is 0 Å². The van der Waals surface area contributed by atoms with Gasteiger partial charge in [-0.2, -0.15) is 5.10 Å². The summed E-state index contributed by atoms with van der Waals surface area (Å²) in [5.41, 5.74) is 6.09. The van der Waals surface area contributed by atoms with Gasteiger partial charge in [0.25, 0.3) is 5.91 Å². The van der Waals surface area contributed by atoms with Crippen LogP contribution < -0.4 is 10.9 Å². The first-order valence-electron chi connectivity index (χ1n) is 5.80. The van der Waals surface area contributed by atoms with Gasteiger partial charge in [-0.1, -0.05) is 30.0 Å². The number of aryl methyl sites for hydroxylation is 1. The van der Waals surface area contributed by atoms with Crippen LogP contribution in [0.1, 0.15) is 15.9 Å². The van der Waals surface area contributed by atoms with Crippen LogP contribution >= 0.6 is 11.8 Å². The topological polar surface area (TPSA) is 99.8 Å². The summed E-state index contributed by atoms with van der Waals surface area (Å²) in [5.74, 6) is -0.544. The summed E-state index contributed by atoms with van der Waals surface area (Å²) in [4.78, 5) is 27.3. The van der Waals surface area contributed by atoms with Crippen LogP contribution in [0.2, 0.25) is 0 Å². The number of thioether (sulfide) groups is 1. The molecule has 0 aliphatic rings. The molecule has 104 valence electrons. The highest BCUT2D eigenvalue weighted by Gasteiger charge is 2.10. The molecular weight excluding hydrogens is 278 g/mol. The highest BCUT2D eigenvalue weighted by Crippen LogP contribution is 2.09. The second-order valence-electron chi connectivity index (χ2n) is 3.90. The van der Waals surface area contributed by atoms with E-state index in [-0.39, 0.29) is 17.6 Å². The van der Waals surface area contributed by atoms with E-state index in [0.29, 0.717) is 10.7 Å². The minimum Gasteiger partial charge on any atom is -0.272 e. The largest absolute Gasteiger partial charge is 0.272 e. The summed E-state index contributed by atoms with van der Waals surface area (Å²) in [6, 6.07) is 7.14. The molecule has 2 aromatic rings. The predicted octanol–water partition coefficient (Wildman–Crippen LogP) is 0.666. The Kier molecular flexibility index (Phi) is 4.72. The molecule has 3 N–H and O–H groups in total. The number of benzene rings is 1. The Hall–Kier alpha value is -2.35. The number of rotatable bonds is 4. The van der Waals surface area contributed by atoms with Gasteiger partial charge in [0.1, 0.15) is 6.33 Å². The zero-order chi connectivity index (χ0) is 14.4. The molecule has 0 radical (unpaired) electrons. The summed E-state index contributed by atoms with van der Waals surface area (Å²) >= 11 is 1.19. The Balaban J connectivity index is 1.78. The first-order chi connectivity index (χ1) is 9.66. The molecule has 0 aliphatic heterocycles. The number of H-pyrrole nitrogens is 1. The van der Waals surface area contributed by atoms with Gasteiger partial charge < -0.3 is 0 Å². The van der Waals surface area contributed by atoms with Crippen LogP contribution in [0.25, 0.3) is 0 Å². The second-order valence-corrected chi connectivity index (χ2v) is 4.86. The quantitative estimate of drug-likeness (QED) is 0.568. The first-order valence-corrected chi connectivity index (χ1v) is 6.78. The monoisotopic (exact) mass is 291 g/mol. The molecule has 0 fully saturated rings. The van der Waals surface area contributed by atoms with Gasteiger partial charge in [0.2, 0.25) is 5.91 Å². The van der Waals surface area contributed by atoms with Crippen LogP contribution in [-0.2, 0) is 4.79 Å². The van der Waals surface area contributed by atoms with Crippen molar-refractivity contribution in [2.75, 3.05) is 5.75 Å². The van der Waals surface area contributed by atoms with E-state index in [2.05, 4.69) is 26.0 Å². The number of carbonyl (C=O) groups excluding carboxylic acids is 2. The fourth-order valence-corrected chi connectivity index (χ4v) is 2.03. The van der Waals surface area contributed by atoms with Crippen LogP contribution in [0.3, 0.4) is 0 Å². The lowest BCUT2D eigenvalue weighted by atomic mass is 10.1. The van der Waals surface area contributed by atoms with E-state index in [9.17, 15) is 9.59 Å². The number of amides is 2. The molecule has 0 bridgehead atoms. The molecule has 0 aliphatic carbocycles. The van der Waals surface area contributed by atoms with E-state index in [1.165, 1.54) is 18.1 Å². The van der Waals surface area contributed by atoms with Crippen LogP contribution in [0.15, 0.2) is 35.7 Å². The molecule has 1 aromatic heterocycles. The summed E-state index contributed by atoms with van der Waals surface area (Å²) in [7, 11) is 0. The number of aromatic amines is 1. The van der Waals surface area contributed by atoms with Crippen molar-refractivity contribution < 1.29 is 9.59 Å². The maximum absolute atomic E-state index is 11.8. The molecular formula is C12H13N5O2S. The van der Waals surface area contributed by atoms with Gasteiger partial charge in [0.15, 0.2) is 5.16 Å². The fraction of sp³-hybridized carbons (Fsp3) is 0.167. The fourth-order valence-electron chi connectivity index (χ4n) is 1.46. The average Bonchev–Trinajstić information content (AvgIpc) is 2.96. The molecule has 0 saturated heterocycles. The Morgan fingerprint density at radius 3 is 2.80 bits per heavy atom. The number of hydrogen-bond acceptors (Lipinski definition) is 5. The van der Waals surface area contributed by atoms with Gasteiger partial charge in [-0.3, -0.25) is 25.5 Å². The number of carbonyl (C=O) groups is 2.